The molecule has 0 aliphatic rings. The van der Waals surface area contributed by atoms with Crippen LogP contribution in [-0.4, -0.2) is 17.4 Å². The number of para-hydroxylation sites is 1. The number of hydrogen-bond acceptors (Lipinski definition) is 3. The first-order valence-electron chi connectivity index (χ1n) is 9.77. The lowest BCUT2D eigenvalue weighted by Crippen LogP contribution is -1.97. The number of benzene rings is 2. The maximum atomic E-state index is 4.74. The van der Waals surface area contributed by atoms with Crippen LogP contribution in [0.25, 0.3) is 0 Å². The largest absolute Gasteiger partial charge is 0.260 e. The summed E-state index contributed by atoms with van der Waals surface area (Å²) < 4.78 is 1.01. The van der Waals surface area contributed by atoms with Crippen LogP contribution in [0.2, 0.25) is 0 Å². The predicted octanol–water partition coefficient (Wildman–Crippen LogP) is 6.97. The van der Waals surface area contributed by atoms with Gasteiger partial charge in [-0.15, -0.1) is 0 Å². The molecule has 1 aromatic heterocycles. The molecule has 0 aliphatic carbocycles. The summed E-state index contributed by atoms with van der Waals surface area (Å²) in [4.78, 5) is 14.1. The minimum atomic E-state index is 0.696. The maximum absolute atomic E-state index is 4.74. The molecule has 3 aromatic rings. The summed E-state index contributed by atoms with van der Waals surface area (Å²) in [7, 11) is 0. The van der Waals surface area contributed by atoms with Crippen LogP contribution < -0.4 is 0 Å². The number of aliphatic imine (C=N–C) groups is 2. The third-order valence-electron chi connectivity index (χ3n) is 4.73. The molecular weight excluding hydrogens is 422 g/mol. The van der Waals surface area contributed by atoms with E-state index in [9.17, 15) is 0 Å². The zero-order valence-electron chi connectivity index (χ0n) is 17.4. The number of aryl methyl sites for hydroxylation is 4. The summed E-state index contributed by atoms with van der Waals surface area (Å²) in [5.41, 5.74) is 8.88. The Morgan fingerprint density at radius 1 is 0.759 bits per heavy atom. The number of aromatic nitrogens is 1. The molecule has 2 aromatic carbocycles. The Morgan fingerprint density at radius 2 is 1.31 bits per heavy atom. The van der Waals surface area contributed by atoms with Crippen LogP contribution in [0.5, 0.6) is 0 Å². The molecule has 0 N–H and O–H groups in total. The summed E-state index contributed by atoms with van der Waals surface area (Å²) >= 11 is 3.56. The summed E-state index contributed by atoms with van der Waals surface area (Å²) in [6, 6.07) is 16.6. The number of halogens is 1. The van der Waals surface area contributed by atoms with Crippen LogP contribution in [0.1, 0.15) is 33.6 Å². The average molecular weight is 448 g/mol. The van der Waals surface area contributed by atoms with Gasteiger partial charge in [0.15, 0.2) is 0 Å². The highest BCUT2D eigenvalue weighted by molar-refractivity contribution is 9.10. The molecule has 29 heavy (non-hydrogen) atoms. The Balaban J connectivity index is 1.66. The van der Waals surface area contributed by atoms with Crippen molar-refractivity contribution in [2.45, 2.75) is 40.5 Å². The van der Waals surface area contributed by atoms with Gasteiger partial charge in [-0.2, -0.15) is 0 Å². The van der Waals surface area contributed by atoms with E-state index >= 15 is 0 Å². The van der Waals surface area contributed by atoms with Crippen molar-refractivity contribution < 1.29 is 0 Å². The van der Waals surface area contributed by atoms with Gasteiger partial charge in [0, 0.05) is 41.1 Å². The highest BCUT2D eigenvalue weighted by Gasteiger charge is 2.03. The summed E-state index contributed by atoms with van der Waals surface area (Å²) in [5, 5.41) is 0. The first-order valence-corrected chi connectivity index (χ1v) is 10.6. The van der Waals surface area contributed by atoms with Gasteiger partial charge < -0.3 is 0 Å². The quantitative estimate of drug-likeness (QED) is 0.375. The molecule has 0 saturated carbocycles. The van der Waals surface area contributed by atoms with Crippen LogP contribution in [-0.2, 0) is 12.8 Å². The molecule has 0 aliphatic heterocycles. The maximum Gasteiger partial charge on any atom is 0.0796 e. The van der Waals surface area contributed by atoms with Crippen molar-refractivity contribution in [3.63, 3.8) is 0 Å². The Bertz CT molecular complexity index is 1020. The number of nitrogens with zero attached hydrogens (tertiary/aromatic N) is 3. The lowest BCUT2D eigenvalue weighted by molar-refractivity contribution is 1.06. The van der Waals surface area contributed by atoms with E-state index in [0.717, 1.165) is 32.8 Å². The van der Waals surface area contributed by atoms with E-state index in [0.29, 0.717) is 12.8 Å². The van der Waals surface area contributed by atoms with Gasteiger partial charge in [-0.1, -0.05) is 35.9 Å². The van der Waals surface area contributed by atoms with Crippen molar-refractivity contribution in [2.24, 2.45) is 9.98 Å². The molecular formula is C25H26BrN3. The van der Waals surface area contributed by atoms with Gasteiger partial charge >= 0.3 is 0 Å². The van der Waals surface area contributed by atoms with Crippen LogP contribution in [0, 0.1) is 27.7 Å². The van der Waals surface area contributed by atoms with Crippen LogP contribution in [0.3, 0.4) is 0 Å². The lowest BCUT2D eigenvalue weighted by atomic mass is 10.1. The molecule has 0 fully saturated rings. The van der Waals surface area contributed by atoms with Gasteiger partial charge in [-0.25, -0.2) is 0 Å². The second-order valence-corrected chi connectivity index (χ2v) is 8.16. The second kappa shape index (κ2) is 9.75. The van der Waals surface area contributed by atoms with E-state index in [1.807, 2.05) is 42.8 Å². The van der Waals surface area contributed by atoms with Crippen molar-refractivity contribution in [3.8, 4) is 0 Å². The zero-order valence-corrected chi connectivity index (χ0v) is 19.0. The van der Waals surface area contributed by atoms with Crippen molar-refractivity contribution >= 4 is 39.7 Å². The highest BCUT2D eigenvalue weighted by atomic mass is 79.9. The molecule has 0 spiro atoms. The normalized spacial score (nSPS) is 11.6. The number of pyridine rings is 1. The van der Waals surface area contributed by atoms with E-state index in [2.05, 4.69) is 66.8 Å². The first kappa shape index (κ1) is 21.1. The fourth-order valence-electron chi connectivity index (χ4n) is 3.38. The van der Waals surface area contributed by atoms with E-state index in [4.69, 9.17) is 9.98 Å². The number of hydrogen-bond donors (Lipinski definition) is 0. The molecule has 0 atom stereocenters. The minimum absolute atomic E-state index is 0.696. The van der Waals surface area contributed by atoms with Crippen molar-refractivity contribution in [3.05, 3.63) is 86.6 Å². The first-order chi connectivity index (χ1) is 13.9. The zero-order chi connectivity index (χ0) is 20.8. The monoisotopic (exact) mass is 447 g/mol. The van der Waals surface area contributed by atoms with Gasteiger partial charge in [-0.05, 0) is 78.5 Å². The van der Waals surface area contributed by atoms with Gasteiger partial charge in [0.2, 0.25) is 0 Å². The fourth-order valence-corrected chi connectivity index (χ4v) is 3.95. The SMILES string of the molecule is Cc1cc(C)c(N=CCc2cccc(CC=Nc3c(C)cccc3Br)n2)c(C)c1. The second-order valence-electron chi connectivity index (χ2n) is 7.30. The molecule has 148 valence electrons. The third kappa shape index (κ3) is 5.70. The Hall–Kier alpha value is -2.59. The fraction of sp³-hybridized carbons (Fsp3) is 0.240. The topological polar surface area (TPSA) is 37.6 Å². The van der Waals surface area contributed by atoms with E-state index < -0.39 is 0 Å². The smallest absolute Gasteiger partial charge is 0.0796 e. The van der Waals surface area contributed by atoms with Crippen LogP contribution in [0.15, 0.2) is 63.0 Å². The van der Waals surface area contributed by atoms with Crippen molar-refractivity contribution in [1.29, 1.82) is 0 Å². The summed E-state index contributed by atoms with van der Waals surface area (Å²) in [6.45, 7) is 8.40. The van der Waals surface area contributed by atoms with Crippen molar-refractivity contribution in [2.75, 3.05) is 0 Å². The van der Waals surface area contributed by atoms with Gasteiger partial charge in [0.1, 0.15) is 0 Å². The highest BCUT2D eigenvalue weighted by Crippen LogP contribution is 2.28. The molecule has 0 unspecified atom stereocenters. The van der Waals surface area contributed by atoms with Gasteiger partial charge in [0.25, 0.3) is 0 Å². The lowest BCUT2D eigenvalue weighted by Gasteiger charge is -2.06. The Morgan fingerprint density at radius 3 is 1.90 bits per heavy atom. The van der Waals surface area contributed by atoms with E-state index in [1.54, 1.807) is 0 Å². The predicted molar refractivity (Wildman–Crippen MR) is 127 cm³/mol. The van der Waals surface area contributed by atoms with E-state index in [1.165, 1.54) is 16.7 Å². The van der Waals surface area contributed by atoms with E-state index in [-0.39, 0.29) is 0 Å². The average Bonchev–Trinajstić information content (AvgIpc) is 2.66. The standard InChI is InChI=1S/C25H26BrN3/c1-17-15-19(3)24(20(4)16-17)27-13-11-21-8-6-9-22(29-21)12-14-28-25-18(2)7-5-10-23(25)26/h5-10,13-16H,11-12H2,1-4H3. The summed E-state index contributed by atoms with van der Waals surface area (Å²) in [5.74, 6) is 0. The molecule has 0 radical (unpaired) electrons. The van der Waals surface area contributed by atoms with Crippen LogP contribution >= 0.6 is 15.9 Å². The molecule has 0 bridgehead atoms. The van der Waals surface area contributed by atoms with Gasteiger partial charge in [-0.3, -0.25) is 15.0 Å². The van der Waals surface area contributed by atoms with Gasteiger partial charge in [0.05, 0.1) is 11.4 Å². The summed E-state index contributed by atoms with van der Waals surface area (Å²) in [6.07, 6.45) is 5.28. The molecule has 1 heterocycles. The molecule has 3 nitrogen and oxygen atoms in total. The molecule has 0 amide bonds. The molecule has 4 heteroatoms. The molecule has 3 rings (SSSR count). The van der Waals surface area contributed by atoms with Crippen LogP contribution in [0.4, 0.5) is 11.4 Å². The Kier molecular flexibility index (Phi) is 7.10. The molecule has 0 saturated heterocycles. The Labute approximate surface area is 181 Å². The van der Waals surface area contributed by atoms with Crippen molar-refractivity contribution in [1.82, 2.24) is 4.98 Å². The minimum Gasteiger partial charge on any atom is -0.260 e. The third-order valence-corrected chi connectivity index (χ3v) is 5.37. The number of rotatable bonds is 6.